The van der Waals surface area contributed by atoms with Crippen LogP contribution in [0.25, 0.3) is 11.0 Å². The summed E-state index contributed by atoms with van der Waals surface area (Å²) < 4.78 is 9.66. The van der Waals surface area contributed by atoms with Gasteiger partial charge in [0.25, 0.3) is 5.91 Å². The number of carbonyl (C=O) groups is 2. The summed E-state index contributed by atoms with van der Waals surface area (Å²) in [5.41, 5.74) is 6.76. The lowest BCUT2D eigenvalue weighted by atomic mass is 9.91. The van der Waals surface area contributed by atoms with E-state index in [9.17, 15) is 9.59 Å². The Bertz CT molecular complexity index is 721. The molecule has 0 spiro atoms. The summed E-state index contributed by atoms with van der Waals surface area (Å²) in [4.78, 5) is 25.1. The van der Waals surface area contributed by atoms with Crippen LogP contribution >= 0.6 is 0 Å². The van der Waals surface area contributed by atoms with Crippen LogP contribution in [0.3, 0.4) is 0 Å². The topological polar surface area (TPSA) is 112 Å². The van der Waals surface area contributed by atoms with Crippen molar-refractivity contribution in [1.29, 1.82) is 0 Å². The molecule has 1 saturated carbocycles. The summed E-state index contributed by atoms with van der Waals surface area (Å²) in [6.45, 7) is 0. The van der Waals surface area contributed by atoms with Gasteiger partial charge < -0.3 is 15.4 Å². The van der Waals surface area contributed by atoms with Crippen molar-refractivity contribution >= 4 is 23.0 Å². The zero-order chi connectivity index (χ0) is 16.4. The summed E-state index contributed by atoms with van der Waals surface area (Å²) in [6, 6.07) is 5.21. The molecular formula is C15H18N4O4. The van der Waals surface area contributed by atoms with Crippen molar-refractivity contribution in [2.75, 3.05) is 7.05 Å². The van der Waals surface area contributed by atoms with Crippen LogP contribution in [0.1, 0.15) is 36.0 Å². The molecular weight excluding hydrogens is 300 g/mol. The molecule has 2 amide bonds. The van der Waals surface area contributed by atoms with Gasteiger partial charge in [0.05, 0.1) is 0 Å². The lowest BCUT2D eigenvalue weighted by molar-refractivity contribution is 0.0479. The minimum Gasteiger partial charge on any atom is -0.446 e. The molecule has 0 aliphatic heterocycles. The third kappa shape index (κ3) is 3.25. The van der Waals surface area contributed by atoms with Gasteiger partial charge in [-0.05, 0) is 54.2 Å². The van der Waals surface area contributed by atoms with Gasteiger partial charge in [0.1, 0.15) is 17.1 Å². The first kappa shape index (κ1) is 15.3. The molecule has 0 saturated heterocycles. The van der Waals surface area contributed by atoms with E-state index in [0.29, 0.717) is 29.4 Å². The fourth-order valence-electron chi connectivity index (χ4n) is 3.00. The number of nitrogens with zero attached hydrogens (tertiary/aromatic N) is 3. The quantitative estimate of drug-likeness (QED) is 0.922. The largest absolute Gasteiger partial charge is 0.446 e. The molecule has 8 heteroatoms. The standard InChI is InChI=1S/C15H18N4O4/c1-19(10-3-5-11(6-4-10)22-15(16)21)14(20)9-2-7-12-13(8-9)18-23-17-12/h2,7-8,10-11H,3-6H2,1H3,(H2,16,21)/t10-,11-. The van der Waals surface area contributed by atoms with E-state index >= 15 is 0 Å². The van der Waals surface area contributed by atoms with Crippen molar-refractivity contribution in [2.24, 2.45) is 5.73 Å². The average molecular weight is 318 g/mol. The molecule has 1 heterocycles. The molecule has 0 unspecified atom stereocenters. The highest BCUT2D eigenvalue weighted by Gasteiger charge is 2.28. The van der Waals surface area contributed by atoms with Crippen molar-refractivity contribution in [3.63, 3.8) is 0 Å². The zero-order valence-electron chi connectivity index (χ0n) is 12.8. The van der Waals surface area contributed by atoms with Gasteiger partial charge in [-0.1, -0.05) is 0 Å². The van der Waals surface area contributed by atoms with Crippen molar-refractivity contribution in [2.45, 2.75) is 37.8 Å². The van der Waals surface area contributed by atoms with Gasteiger partial charge >= 0.3 is 6.09 Å². The van der Waals surface area contributed by atoms with Gasteiger partial charge in [0.2, 0.25) is 0 Å². The molecule has 0 atom stereocenters. The molecule has 1 aromatic heterocycles. The normalized spacial score (nSPS) is 21.1. The van der Waals surface area contributed by atoms with Crippen molar-refractivity contribution in [3.05, 3.63) is 23.8 Å². The van der Waals surface area contributed by atoms with Gasteiger partial charge in [-0.3, -0.25) is 4.79 Å². The Hall–Kier alpha value is -2.64. The molecule has 3 rings (SSSR count). The third-order valence-electron chi connectivity index (χ3n) is 4.30. The molecule has 0 radical (unpaired) electrons. The summed E-state index contributed by atoms with van der Waals surface area (Å²) in [6.07, 6.45) is 2.06. The number of amides is 2. The van der Waals surface area contributed by atoms with Crippen LogP contribution in [0, 0.1) is 0 Å². The summed E-state index contributed by atoms with van der Waals surface area (Å²) in [5, 5.41) is 7.48. The van der Waals surface area contributed by atoms with E-state index in [2.05, 4.69) is 14.9 Å². The van der Waals surface area contributed by atoms with Crippen LogP contribution in [0.4, 0.5) is 4.79 Å². The Balaban J connectivity index is 1.64. The number of carbonyl (C=O) groups excluding carboxylic acids is 2. The Kier molecular flexibility index (Phi) is 4.14. The summed E-state index contributed by atoms with van der Waals surface area (Å²) >= 11 is 0. The number of rotatable bonds is 3. The van der Waals surface area contributed by atoms with Crippen LogP contribution < -0.4 is 5.73 Å². The van der Waals surface area contributed by atoms with Crippen LogP contribution in [0.2, 0.25) is 0 Å². The fraction of sp³-hybridized carbons (Fsp3) is 0.467. The number of aromatic nitrogens is 2. The molecule has 1 fully saturated rings. The van der Waals surface area contributed by atoms with Crippen LogP contribution in [0.5, 0.6) is 0 Å². The Morgan fingerprint density at radius 3 is 2.61 bits per heavy atom. The molecule has 0 bridgehead atoms. The second kappa shape index (κ2) is 6.23. The molecule has 1 aliphatic rings. The predicted molar refractivity (Wildman–Crippen MR) is 80.6 cm³/mol. The maximum atomic E-state index is 12.6. The SMILES string of the molecule is CN(C(=O)c1ccc2nonc2c1)[C@H]1CC[C@H](OC(N)=O)CC1. The van der Waals surface area contributed by atoms with Crippen LogP contribution in [0.15, 0.2) is 22.8 Å². The molecule has 2 N–H and O–H groups in total. The van der Waals surface area contributed by atoms with E-state index in [0.717, 1.165) is 12.8 Å². The second-order valence-corrected chi connectivity index (χ2v) is 5.75. The molecule has 2 aromatic rings. The molecule has 23 heavy (non-hydrogen) atoms. The Morgan fingerprint density at radius 1 is 1.22 bits per heavy atom. The number of hydrogen-bond acceptors (Lipinski definition) is 6. The Labute approximate surface area is 132 Å². The number of benzene rings is 1. The zero-order valence-corrected chi connectivity index (χ0v) is 12.8. The van der Waals surface area contributed by atoms with E-state index < -0.39 is 6.09 Å². The molecule has 1 aromatic carbocycles. The first-order valence-corrected chi connectivity index (χ1v) is 7.50. The first-order valence-electron chi connectivity index (χ1n) is 7.50. The predicted octanol–water partition coefficient (Wildman–Crippen LogP) is 1.70. The minimum absolute atomic E-state index is 0.0748. The number of primary amides is 1. The number of ether oxygens (including phenoxy) is 1. The lowest BCUT2D eigenvalue weighted by Gasteiger charge is -2.34. The van der Waals surface area contributed by atoms with Gasteiger partial charge in [0, 0.05) is 18.7 Å². The molecule has 1 aliphatic carbocycles. The second-order valence-electron chi connectivity index (χ2n) is 5.75. The van der Waals surface area contributed by atoms with E-state index in [1.54, 1.807) is 30.1 Å². The number of hydrogen-bond donors (Lipinski definition) is 1. The average Bonchev–Trinajstić information content (AvgIpc) is 3.01. The van der Waals surface area contributed by atoms with Crippen molar-refractivity contribution in [1.82, 2.24) is 15.2 Å². The smallest absolute Gasteiger partial charge is 0.404 e. The fourth-order valence-corrected chi connectivity index (χ4v) is 3.00. The third-order valence-corrected chi connectivity index (χ3v) is 4.30. The van der Waals surface area contributed by atoms with Crippen molar-refractivity contribution < 1.29 is 19.0 Å². The summed E-state index contributed by atoms with van der Waals surface area (Å²) in [5.74, 6) is -0.0748. The maximum Gasteiger partial charge on any atom is 0.404 e. The number of nitrogens with two attached hydrogens (primary N) is 1. The highest BCUT2D eigenvalue weighted by molar-refractivity contribution is 5.97. The van der Waals surface area contributed by atoms with Gasteiger partial charge in [-0.15, -0.1) is 0 Å². The first-order chi connectivity index (χ1) is 11.0. The molecule has 8 nitrogen and oxygen atoms in total. The highest BCUT2D eigenvalue weighted by atomic mass is 16.6. The Morgan fingerprint density at radius 2 is 1.91 bits per heavy atom. The highest BCUT2D eigenvalue weighted by Crippen LogP contribution is 2.25. The van der Waals surface area contributed by atoms with E-state index in [1.165, 1.54) is 0 Å². The maximum absolute atomic E-state index is 12.6. The van der Waals surface area contributed by atoms with Crippen LogP contribution in [-0.2, 0) is 4.74 Å². The lowest BCUT2D eigenvalue weighted by Crippen LogP contribution is -2.41. The van der Waals surface area contributed by atoms with E-state index in [-0.39, 0.29) is 18.1 Å². The van der Waals surface area contributed by atoms with E-state index in [4.69, 9.17) is 10.5 Å². The van der Waals surface area contributed by atoms with Gasteiger partial charge in [0.15, 0.2) is 0 Å². The van der Waals surface area contributed by atoms with Gasteiger partial charge in [-0.2, -0.15) is 0 Å². The number of fused-ring (bicyclic) bond motifs is 1. The molecule has 122 valence electrons. The van der Waals surface area contributed by atoms with Crippen LogP contribution in [-0.4, -0.2) is 46.4 Å². The monoisotopic (exact) mass is 318 g/mol. The minimum atomic E-state index is -0.743. The van der Waals surface area contributed by atoms with Crippen molar-refractivity contribution in [3.8, 4) is 0 Å². The van der Waals surface area contributed by atoms with Gasteiger partial charge in [-0.25, -0.2) is 9.42 Å². The van der Waals surface area contributed by atoms with E-state index in [1.807, 2.05) is 0 Å². The summed E-state index contributed by atoms with van der Waals surface area (Å²) in [7, 11) is 1.79.